The molecule has 2 aromatic carbocycles. The van der Waals surface area contributed by atoms with Crippen molar-refractivity contribution in [2.24, 2.45) is 0 Å². The van der Waals surface area contributed by atoms with E-state index >= 15 is 0 Å². The van der Waals surface area contributed by atoms with Crippen LogP contribution in [0.15, 0.2) is 42.5 Å². The predicted molar refractivity (Wildman–Crippen MR) is 82.0 cm³/mol. The lowest BCUT2D eigenvalue weighted by atomic mass is 9.96. The average molecular weight is 300 g/mol. The minimum absolute atomic E-state index is 0.108. The van der Waals surface area contributed by atoms with Crippen molar-refractivity contribution >= 4 is 23.3 Å². The number of benzene rings is 2. The fourth-order valence-corrected chi connectivity index (χ4v) is 2.71. The highest BCUT2D eigenvalue weighted by Gasteiger charge is 2.18. The van der Waals surface area contributed by atoms with Gasteiger partial charge in [-0.1, -0.05) is 35.9 Å². The van der Waals surface area contributed by atoms with Gasteiger partial charge in [-0.2, -0.15) is 0 Å². The Morgan fingerprint density at radius 2 is 1.90 bits per heavy atom. The number of amides is 1. The Hall–Kier alpha value is -2.13. The summed E-state index contributed by atoms with van der Waals surface area (Å²) in [5, 5.41) is 3.37. The van der Waals surface area contributed by atoms with Gasteiger partial charge in [-0.3, -0.25) is 9.59 Å². The number of nitrogens with one attached hydrogen (secondary N) is 1. The van der Waals surface area contributed by atoms with E-state index in [-0.39, 0.29) is 11.7 Å². The minimum Gasteiger partial charge on any atom is -0.352 e. The highest BCUT2D eigenvalue weighted by Crippen LogP contribution is 2.20. The SMILES string of the molecule is O=C(c1cccc(Cl)c1)c1ccc2c(c1)C(=O)NCCC2. The number of carbonyl (C=O) groups excluding carboxylic acids is 2. The predicted octanol–water partition coefficient (Wildman–Crippen LogP) is 3.25. The highest BCUT2D eigenvalue weighted by molar-refractivity contribution is 6.31. The van der Waals surface area contributed by atoms with Gasteiger partial charge in [-0.05, 0) is 36.6 Å². The topological polar surface area (TPSA) is 46.2 Å². The Morgan fingerprint density at radius 3 is 2.71 bits per heavy atom. The third-order valence-electron chi connectivity index (χ3n) is 3.61. The first kappa shape index (κ1) is 13.8. The Balaban J connectivity index is 2.00. The van der Waals surface area contributed by atoms with Gasteiger partial charge in [0.1, 0.15) is 0 Å². The third-order valence-corrected chi connectivity index (χ3v) is 3.85. The van der Waals surface area contributed by atoms with Gasteiger partial charge in [0, 0.05) is 28.3 Å². The van der Waals surface area contributed by atoms with E-state index in [1.807, 2.05) is 6.07 Å². The molecule has 0 spiro atoms. The Kier molecular flexibility index (Phi) is 3.76. The van der Waals surface area contributed by atoms with Crippen LogP contribution in [-0.2, 0) is 6.42 Å². The second-order valence-electron chi connectivity index (χ2n) is 5.07. The number of carbonyl (C=O) groups is 2. The van der Waals surface area contributed by atoms with Gasteiger partial charge in [0.25, 0.3) is 5.91 Å². The Bertz CT molecular complexity index is 724. The summed E-state index contributed by atoms with van der Waals surface area (Å²) in [6.07, 6.45) is 1.76. The lowest BCUT2D eigenvalue weighted by Crippen LogP contribution is -2.22. The molecular formula is C17H14ClNO2. The van der Waals surface area contributed by atoms with Crippen LogP contribution in [0.4, 0.5) is 0 Å². The normalized spacial score (nSPS) is 14.0. The van der Waals surface area contributed by atoms with Crippen LogP contribution in [0.3, 0.4) is 0 Å². The van der Waals surface area contributed by atoms with E-state index in [0.29, 0.717) is 28.3 Å². The summed E-state index contributed by atoms with van der Waals surface area (Å²) in [5.74, 6) is -0.236. The first-order valence-electron chi connectivity index (χ1n) is 6.86. The molecule has 1 heterocycles. The van der Waals surface area contributed by atoms with Gasteiger partial charge < -0.3 is 5.32 Å². The molecule has 1 amide bonds. The van der Waals surface area contributed by atoms with Crippen molar-refractivity contribution in [3.8, 4) is 0 Å². The van der Waals surface area contributed by atoms with Gasteiger partial charge in [-0.25, -0.2) is 0 Å². The van der Waals surface area contributed by atoms with Crippen molar-refractivity contribution < 1.29 is 9.59 Å². The number of aryl methyl sites for hydroxylation is 1. The number of rotatable bonds is 2. The van der Waals surface area contributed by atoms with Gasteiger partial charge >= 0.3 is 0 Å². The molecule has 0 unspecified atom stereocenters. The summed E-state index contributed by atoms with van der Waals surface area (Å²) < 4.78 is 0. The van der Waals surface area contributed by atoms with Crippen LogP contribution < -0.4 is 5.32 Å². The molecule has 106 valence electrons. The minimum atomic E-state index is -0.127. The van der Waals surface area contributed by atoms with Crippen LogP contribution in [0.5, 0.6) is 0 Å². The largest absolute Gasteiger partial charge is 0.352 e. The molecule has 4 heteroatoms. The summed E-state index contributed by atoms with van der Waals surface area (Å²) in [6, 6.07) is 12.2. The fourth-order valence-electron chi connectivity index (χ4n) is 2.52. The van der Waals surface area contributed by atoms with Crippen molar-refractivity contribution in [2.75, 3.05) is 6.54 Å². The molecule has 0 radical (unpaired) electrons. The van der Waals surface area contributed by atoms with E-state index in [1.165, 1.54) is 0 Å². The maximum Gasteiger partial charge on any atom is 0.251 e. The van der Waals surface area contributed by atoms with Gasteiger partial charge in [0.05, 0.1) is 0 Å². The maximum atomic E-state index is 12.5. The number of halogens is 1. The van der Waals surface area contributed by atoms with Crippen LogP contribution >= 0.6 is 11.6 Å². The van der Waals surface area contributed by atoms with Crippen LogP contribution in [0.2, 0.25) is 5.02 Å². The van der Waals surface area contributed by atoms with E-state index < -0.39 is 0 Å². The van der Waals surface area contributed by atoms with E-state index in [9.17, 15) is 9.59 Å². The molecule has 0 saturated heterocycles. The fraction of sp³-hybridized carbons (Fsp3) is 0.176. The van der Waals surface area contributed by atoms with Crippen molar-refractivity contribution in [3.05, 3.63) is 69.7 Å². The zero-order chi connectivity index (χ0) is 14.8. The number of hydrogen-bond acceptors (Lipinski definition) is 2. The molecule has 21 heavy (non-hydrogen) atoms. The quantitative estimate of drug-likeness (QED) is 0.865. The molecule has 0 aromatic heterocycles. The van der Waals surface area contributed by atoms with E-state index in [1.54, 1.807) is 36.4 Å². The monoisotopic (exact) mass is 299 g/mol. The summed E-state index contributed by atoms with van der Waals surface area (Å²) in [7, 11) is 0. The van der Waals surface area contributed by atoms with Gasteiger partial charge in [-0.15, -0.1) is 0 Å². The molecule has 0 atom stereocenters. The van der Waals surface area contributed by atoms with Crippen LogP contribution in [-0.4, -0.2) is 18.2 Å². The maximum absolute atomic E-state index is 12.5. The Morgan fingerprint density at radius 1 is 1.10 bits per heavy atom. The number of hydrogen-bond donors (Lipinski definition) is 1. The molecule has 0 bridgehead atoms. The molecule has 1 N–H and O–H groups in total. The third kappa shape index (κ3) is 2.83. The molecular weight excluding hydrogens is 286 g/mol. The second-order valence-corrected chi connectivity index (χ2v) is 5.51. The number of fused-ring (bicyclic) bond motifs is 1. The van der Waals surface area contributed by atoms with Crippen molar-refractivity contribution in [1.82, 2.24) is 5.32 Å². The molecule has 2 aromatic rings. The summed E-state index contributed by atoms with van der Waals surface area (Å²) in [6.45, 7) is 0.672. The second kappa shape index (κ2) is 5.70. The first-order valence-corrected chi connectivity index (χ1v) is 7.24. The lowest BCUT2D eigenvalue weighted by Gasteiger charge is -2.08. The van der Waals surface area contributed by atoms with E-state index in [0.717, 1.165) is 18.4 Å². The van der Waals surface area contributed by atoms with Crippen molar-refractivity contribution in [2.45, 2.75) is 12.8 Å². The lowest BCUT2D eigenvalue weighted by molar-refractivity contribution is 0.0956. The molecule has 1 aliphatic heterocycles. The zero-order valence-corrected chi connectivity index (χ0v) is 12.1. The molecule has 0 saturated carbocycles. The molecule has 0 aliphatic carbocycles. The molecule has 0 fully saturated rings. The van der Waals surface area contributed by atoms with Gasteiger partial charge in [0.15, 0.2) is 5.78 Å². The summed E-state index contributed by atoms with van der Waals surface area (Å²) in [5.41, 5.74) is 2.62. The van der Waals surface area contributed by atoms with E-state index in [2.05, 4.69) is 5.32 Å². The van der Waals surface area contributed by atoms with Crippen molar-refractivity contribution in [1.29, 1.82) is 0 Å². The highest BCUT2D eigenvalue weighted by atomic mass is 35.5. The van der Waals surface area contributed by atoms with Crippen LogP contribution in [0, 0.1) is 0 Å². The number of ketones is 1. The van der Waals surface area contributed by atoms with E-state index in [4.69, 9.17) is 11.6 Å². The Labute approximate surface area is 127 Å². The van der Waals surface area contributed by atoms with Crippen molar-refractivity contribution in [3.63, 3.8) is 0 Å². The zero-order valence-electron chi connectivity index (χ0n) is 11.4. The van der Waals surface area contributed by atoms with Crippen LogP contribution in [0.25, 0.3) is 0 Å². The standard InChI is InChI=1S/C17H14ClNO2/c18-14-5-1-3-12(9-14)16(20)13-7-6-11-4-2-8-19-17(21)15(11)10-13/h1,3,5-7,9-10H,2,4,8H2,(H,19,21). The van der Waals surface area contributed by atoms with Crippen LogP contribution in [0.1, 0.15) is 38.3 Å². The molecule has 1 aliphatic rings. The summed E-state index contributed by atoms with van der Waals surface area (Å²) in [4.78, 5) is 24.5. The smallest absolute Gasteiger partial charge is 0.251 e. The average Bonchev–Trinajstić information content (AvgIpc) is 2.68. The molecule has 3 rings (SSSR count). The first-order chi connectivity index (χ1) is 10.1. The van der Waals surface area contributed by atoms with Gasteiger partial charge in [0.2, 0.25) is 0 Å². The summed E-state index contributed by atoms with van der Waals surface area (Å²) >= 11 is 5.92. The molecule has 3 nitrogen and oxygen atoms in total.